The summed E-state index contributed by atoms with van der Waals surface area (Å²) < 4.78 is 27.2. The molecule has 1 fully saturated rings. The van der Waals surface area contributed by atoms with Crippen LogP contribution >= 0.6 is 0 Å². The Balaban J connectivity index is 2.01. The number of piperidine rings is 1. The van der Waals surface area contributed by atoms with Crippen molar-refractivity contribution >= 4 is 27.7 Å². The SMILES string of the molecule is CC(C)NC(=O)C(=O)NNC(=O)c1ccc(S(=O)(=O)N2C[C@@H](C)C[C@H](C)C2)cc1. The lowest BCUT2D eigenvalue weighted by Gasteiger charge is -2.34. The van der Waals surface area contributed by atoms with Crippen molar-refractivity contribution in [2.75, 3.05) is 13.1 Å². The van der Waals surface area contributed by atoms with Crippen LogP contribution in [0.1, 0.15) is 44.5 Å². The van der Waals surface area contributed by atoms with Gasteiger partial charge in [-0.05, 0) is 56.4 Å². The summed E-state index contributed by atoms with van der Waals surface area (Å²) in [6.07, 6.45) is 0.992. The van der Waals surface area contributed by atoms with Crippen molar-refractivity contribution < 1.29 is 22.8 Å². The molecule has 0 aliphatic carbocycles. The van der Waals surface area contributed by atoms with E-state index in [0.717, 1.165) is 6.42 Å². The van der Waals surface area contributed by atoms with E-state index in [2.05, 4.69) is 10.7 Å². The van der Waals surface area contributed by atoms with Crippen LogP contribution in [0.3, 0.4) is 0 Å². The van der Waals surface area contributed by atoms with Gasteiger partial charge in [0.1, 0.15) is 0 Å². The van der Waals surface area contributed by atoms with Crippen LogP contribution in [0.2, 0.25) is 0 Å². The number of nitrogens with one attached hydrogen (secondary N) is 3. The highest BCUT2D eigenvalue weighted by Crippen LogP contribution is 2.26. The molecule has 0 unspecified atom stereocenters. The zero-order valence-corrected chi connectivity index (χ0v) is 17.9. The molecule has 1 aromatic rings. The van der Waals surface area contributed by atoms with Crippen LogP contribution in [0.25, 0.3) is 0 Å². The molecule has 2 atom stereocenters. The average molecular weight is 425 g/mol. The Morgan fingerprint density at radius 3 is 2.03 bits per heavy atom. The van der Waals surface area contributed by atoms with Gasteiger partial charge in [-0.3, -0.25) is 25.2 Å². The van der Waals surface area contributed by atoms with Gasteiger partial charge in [0.05, 0.1) is 4.90 Å². The molecule has 0 bridgehead atoms. The van der Waals surface area contributed by atoms with Gasteiger partial charge in [0.15, 0.2) is 0 Å². The van der Waals surface area contributed by atoms with Crippen molar-refractivity contribution in [2.24, 2.45) is 11.8 Å². The van der Waals surface area contributed by atoms with E-state index in [1.165, 1.54) is 28.6 Å². The third-order valence-corrected chi connectivity index (χ3v) is 6.35. The summed E-state index contributed by atoms with van der Waals surface area (Å²) in [6, 6.07) is 5.23. The van der Waals surface area contributed by atoms with Gasteiger partial charge in [-0.1, -0.05) is 13.8 Å². The van der Waals surface area contributed by atoms with Gasteiger partial charge in [0.25, 0.3) is 5.91 Å². The van der Waals surface area contributed by atoms with E-state index in [9.17, 15) is 22.8 Å². The minimum Gasteiger partial charge on any atom is -0.346 e. The third kappa shape index (κ3) is 6.01. The average Bonchev–Trinajstić information content (AvgIpc) is 2.64. The first-order chi connectivity index (χ1) is 13.5. The lowest BCUT2D eigenvalue weighted by atomic mass is 9.94. The van der Waals surface area contributed by atoms with Gasteiger partial charge in [-0.15, -0.1) is 0 Å². The zero-order valence-electron chi connectivity index (χ0n) is 17.1. The Hall–Kier alpha value is -2.46. The number of amides is 3. The molecule has 1 aliphatic heterocycles. The summed E-state index contributed by atoms with van der Waals surface area (Å²) in [5.74, 6) is -1.96. The molecular formula is C19H28N4O5S. The monoisotopic (exact) mass is 424 g/mol. The van der Waals surface area contributed by atoms with E-state index in [4.69, 9.17) is 0 Å². The van der Waals surface area contributed by atoms with Crippen LogP contribution in [0.5, 0.6) is 0 Å². The summed E-state index contributed by atoms with van der Waals surface area (Å²) in [7, 11) is -3.64. The molecule has 1 aliphatic rings. The molecule has 0 saturated carbocycles. The second kappa shape index (κ2) is 9.36. The Kier molecular flexibility index (Phi) is 7.37. The molecule has 29 heavy (non-hydrogen) atoms. The summed E-state index contributed by atoms with van der Waals surface area (Å²) in [5, 5.41) is 2.39. The van der Waals surface area contributed by atoms with Crippen LogP contribution < -0.4 is 16.2 Å². The van der Waals surface area contributed by atoms with Crippen LogP contribution in [0, 0.1) is 11.8 Å². The first kappa shape index (κ1) is 22.8. The van der Waals surface area contributed by atoms with Crippen molar-refractivity contribution in [3.05, 3.63) is 29.8 Å². The summed E-state index contributed by atoms with van der Waals surface area (Å²) >= 11 is 0. The number of carbonyl (C=O) groups is 3. The van der Waals surface area contributed by atoms with E-state index >= 15 is 0 Å². The molecule has 1 aromatic carbocycles. The van der Waals surface area contributed by atoms with Gasteiger partial charge in [-0.2, -0.15) is 4.31 Å². The topological polar surface area (TPSA) is 125 Å². The van der Waals surface area contributed by atoms with Crippen LogP contribution in [-0.2, 0) is 19.6 Å². The second-order valence-corrected chi connectivity index (χ2v) is 9.77. The highest BCUT2D eigenvalue weighted by Gasteiger charge is 2.31. The number of nitrogens with zero attached hydrogens (tertiary/aromatic N) is 1. The number of benzene rings is 1. The first-order valence-electron chi connectivity index (χ1n) is 9.52. The maximum atomic E-state index is 12.9. The summed E-state index contributed by atoms with van der Waals surface area (Å²) in [6.45, 7) is 8.40. The fourth-order valence-corrected chi connectivity index (χ4v) is 4.98. The predicted molar refractivity (Wildman–Crippen MR) is 107 cm³/mol. The second-order valence-electron chi connectivity index (χ2n) is 7.83. The fourth-order valence-electron chi connectivity index (χ4n) is 3.30. The Bertz CT molecular complexity index is 857. The quantitative estimate of drug-likeness (QED) is 0.483. The number of sulfonamides is 1. The molecule has 2 rings (SSSR count). The van der Waals surface area contributed by atoms with Gasteiger partial charge >= 0.3 is 11.8 Å². The number of hydrogen-bond donors (Lipinski definition) is 3. The molecule has 0 radical (unpaired) electrons. The molecular weight excluding hydrogens is 396 g/mol. The third-order valence-electron chi connectivity index (χ3n) is 4.51. The Morgan fingerprint density at radius 2 is 1.52 bits per heavy atom. The number of hydrogen-bond acceptors (Lipinski definition) is 5. The molecule has 1 saturated heterocycles. The van der Waals surface area contributed by atoms with Gasteiger partial charge in [0.2, 0.25) is 10.0 Å². The molecule has 3 amide bonds. The van der Waals surface area contributed by atoms with Crippen molar-refractivity contribution in [3.63, 3.8) is 0 Å². The first-order valence-corrected chi connectivity index (χ1v) is 11.0. The zero-order chi connectivity index (χ0) is 21.8. The van der Waals surface area contributed by atoms with Gasteiger partial charge in [0, 0.05) is 24.7 Å². The van der Waals surface area contributed by atoms with Crippen molar-refractivity contribution in [3.8, 4) is 0 Å². The smallest absolute Gasteiger partial charge is 0.327 e. The van der Waals surface area contributed by atoms with E-state index in [1.54, 1.807) is 13.8 Å². The fraction of sp³-hybridized carbons (Fsp3) is 0.526. The Morgan fingerprint density at radius 1 is 0.966 bits per heavy atom. The standard InChI is InChI=1S/C19H28N4O5S/c1-12(2)20-18(25)19(26)22-21-17(24)15-5-7-16(8-6-15)29(27,28)23-10-13(3)9-14(4)11-23/h5-8,12-14H,9-11H2,1-4H3,(H,20,25)(H,21,24)(H,22,26)/t13-,14-/m0/s1. The van der Waals surface area contributed by atoms with Gasteiger partial charge < -0.3 is 5.32 Å². The van der Waals surface area contributed by atoms with Crippen LogP contribution in [0.4, 0.5) is 0 Å². The van der Waals surface area contributed by atoms with E-state index in [1.807, 2.05) is 19.3 Å². The van der Waals surface area contributed by atoms with E-state index in [-0.39, 0.29) is 28.3 Å². The molecule has 160 valence electrons. The maximum Gasteiger partial charge on any atom is 0.327 e. The lowest BCUT2D eigenvalue weighted by Crippen LogP contribution is -2.49. The predicted octanol–water partition coefficient (Wildman–Crippen LogP) is 0.639. The molecule has 10 heteroatoms. The number of carbonyl (C=O) groups excluding carboxylic acids is 3. The molecule has 9 nitrogen and oxygen atoms in total. The van der Waals surface area contributed by atoms with E-state index < -0.39 is 27.7 Å². The summed E-state index contributed by atoms with van der Waals surface area (Å²) in [4.78, 5) is 35.3. The minimum absolute atomic E-state index is 0.107. The van der Waals surface area contributed by atoms with Crippen LogP contribution in [0.15, 0.2) is 29.2 Å². The number of rotatable bonds is 4. The number of hydrazine groups is 1. The van der Waals surface area contributed by atoms with Crippen molar-refractivity contribution in [1.29, 1.82) is 0 Å². The minimum atomic E-state index is -3.64. The van der Waals surface area contributed by atoms with Gasteiger partial charge in [-0.25, -0.2) is 8.42 Å². The molecule has 0 aromatic heterocycles. The largest absolute Gasteiger partial charge is 0.346 e. The normalized spacial score (nSPS) is 20.2. The van der Waals surface area contributed by atoms with Crippen molar-refractivity contribution in [1.82, 2.24) is 20.5 Å². The highest BCUT2D eigenvalue weighted by molar-refractivity contribution is 7.89. The lowest BCUT2D eigenvalue weighted by molar-refractivity contribution is -0.139. The molecule has 0 spiro atoms. The van der Waals surface area contributed by atoms with E-state index in [0.29, 0.717) is 13.1 Å². The van der Waals surface area contributed by atoms with Crippen LogP contribution in [-0.4, -0.2) is 49.6 Å². The Labute approximate surface area is 171 Å². The molecule has 1 heterocycles. The van der Waals surface area contributed by atoms with Crippen molar-refractivity contribution in [2.45, 2.75) is 45.1 Å². The maximum absolute atomic E-state index is 12.9. The molecule has 3 N–H and O–H groups in total. The highest BCUT2D eigenvalue weighted by atomic mass is 32.2. The summed E-state index contributed by atoms with van der Waals surface area (Å²) in [5.41, 5.74) is 4.29.